The molecule has 0 fully saturated rings. The van der Waals surface area contributed by atoms with Gasteiger partial charge in [0.25, 0.3) is 0 Å². The summed E-state index contributed by atoms with van der Waals surface area (Å²) < 4.78 is 25.9. The number of thiazole rings is 1. The predicted octanol–water partition coefficient (Wildman–Crippen LogP) is 1.69. The lowest BCUT2D eigenvalue weighted by atomic mass is 10.3. The fourth-order valence-electron chi connectivity index (χ4n) is 1.84. The fourth-order valence-corrected chi connectivity index (χ4v) is 2.88. The first kappa shape index (κ1) is 12.9. The van der Waals surface area contributed by atoms with E-state index in [1.165, 1.54) is 29.7 Å². The van der Waals surface area contributed by atoms with Gasteiger partial charge >= 0.3 is 5.91 Å². The molecule has 1 amide bonds. The average molecular weight is 294 g/mol. The van der Waals surface area contributed by atoms with Crippen LogP contribution in [0.3, 0.4) is 0 Å². The lowest BCUT2D eigenvalue weighted by Gasteiger charge is -2.12. The number of hydrogen-bond donors (Lipinski definition) is 0. The molecule has 5 nitrogen and oxygen atoms in total. The summed E-state index contributed by atoms with van der Waals surface area (Å²) in [5.74, 6) is -0.740. The number of aromatic nitrogens is 1. The second kappa shape index (κ2) is 5.09. The van der Waals surface area contributed by atoms with Crippen LogP contribution in [0.4, 0.5) is 4.39 Å². The smallest absolute Gasteiger partial charge is 0.317 e. The Morgan fingerprint density at radius 2 is 2.30 bits per heavy atom. The quantitative estimate of drug-likeness (QED) is 0.804. The average Bonchev–Trinajstić information content (AvgIpc) is 2.75. The third kappa shape index (κ3) is 2.32. The van der Waals surface area contributed by atoms with Gasteiger partial charge < -0.3 is 14.0 Å². The Morgan fingerprint density at radius 1 is 1.45 bits per heavy atom. The molecule has 0 atom stereocenters. The van der Waals surface area contributed by atoms with Crippen molar-refractivity contribution in [2.45, 2.75) is 0 Å². The van der Waals surface area contributed by atoms with E-state index >= 15 is 0 Å². The summed E-state index contributed by atoms with van der Waals surface area (Å²) in [7, 11) is 1.77. The zero-order valence-corrected chi connectivity index (χ0v) is 11.4. The molecule has 0 saturated heterocycles. The summed E-state index contributed by atoms with van der Waals surface area (Å²) in [6.45, 7) is 0.754. The number of rotatable bonds is 1. The van der Waals surface area contributed by atoms with Crippen LogP contribution in [0.15, 0.2) is 35.2 Å². The van der Waals surface area contributed by atoms with Gasteiger partial charge in [-0.3, -0.25) is 4.79 Å². The van der Waals surface area contributed by atoms with Gasteiger partial charge in [-0.1, -0.05) is 11.3 Å². The zero-order chi connectivity index (χ0) is 14.1. The third-order valence-electron chi connectivity index (χ3n) is 2.83. The van der Waals surface area contributed by atoms with Crippen molar-refractivity contribution in [3.05, 3.63) is 40.8 Å². The van der Waals surface area contributed by atoms with Crippen LogP contribution in [0.1, 0.15) is 0 Å². The molecule has 0 N–H and O–H groups in total. The fraction of sp³-hybridized carbons (Fsp3) is 0.231. The van der Waals surface area contributed by atoms with E-state index in [4.69, 9.17) is 9.47 Å². The lowest BCUT2D eigenvalue weighted by Crippen LogP contribution is -2.18. The summed E-state index contributed by atoms with van der Waals surface area (Å²) in [4.78, 5) is 16.4. The van der Waals surface area contributed by atoms with Crippen molar-refractivity contribution < 1.29 is 18.7 Å². The van der Waals surface area contributed by atoms with Gasteiger partial charge in [-0.25, -0.2) is 4.39 Å². The van der Waals surface area contributed by atoms with E-state index < -0.39 is 5.91 Å². The molecule has 1 aromatic heterocycles. The highest BCUT2D eigenvalue weighted by Gasteiger charge is 2.15. The first-order valence-electron chi connectivity index (χ1n) is 5.94. The molecule has 104 valence electrons. The SMILES string of the molecule is Cn1c(=NC(=O)C2=COCCO2)sc2cc(F)ccc21. The number of carbonyl (C=O) groups is 1. The first-order chi connectivity index (χ1) is 9.65. The molecule has 0 saturated carbocycles. The molecule has 0 aliphatic carbocycles. The van der Waals surface area contributed by atoms with Crippen molar-refractivity contribution in [2.24, 2.45) is 12.0 Å². The maximum atomic E-state index is 13.2. The van der Waals surface area contributed by atoms with Crippen LogP contribution in [0.25, 0.3) is 10.2 Å². The molecule has 20 heavy (non-hydrogen) atoms. The number of nitrogens with zero attached hydrogens (tertiary/aromatic N) is 2. The highest BCUT2D eigenvalue weighted by Crippen LogP contribution is 2.17. The lowest BCUT2D eigenvalue weighted by molar-refractivity contribution is -0.119. The molecular weight excluding hydrogens is 283 g/mol. The van der Waals surface area contributed by atoms with Gasteiger partial charge in [0.1, 0.15) is 25.3 Å². The molecule has 1 aromatic carbocycles. The summed E-state index contributed by atoms with van der Waals surface area (Å²) in [5.41, 5.74) is 0.817. The normalized spacial score (nSPS) is 15.7. The van der Waals surface area contributed by atoms with Gasteiger partial charge in [0.2, 0.25) is 5.76 Å². The summed E-state index contributed by atoms with van der Waals surface area (Å²) in [6.07, 6.45) is 1.27. The van der Waals surface area contributed by atoms with Crippen molar-refractivity contribution in [3.63, 3.8) is 0 Å². The maximum absolute atomic E-state index is 13.2. The van der Waals surface area contributed by atoms with Gasteiger partial charge in [0.05, 0.1) is 10.2 Å². The Kier molecular flexibility index (Phi) is 3.27. The maximum Gasteiger partial charge on any atom is 0.317 e. The Balaban J connectivity index is 2.05. The third-order valence-corrected chi connectivity index (χ3v) is 3.92. The first-order valence-corrected chi connectivity index (χ1v) is 6.75. The second-order valence-corrected chi connectivity index (χ2v) is 5.18. The zero-order valence-electron chi connectivity index (χ0n) is 10.6. The van der Waals surface area contributed by atoms with Crippen molar-refractivity contribution in [1.29, 1.82) is 0 Å². The molecule has 3 rings (SSSR count). The molecule has 2 heterocycles. The number of fused-ring (bicyclic) bond motifs is 1. The van der Waals surface area contributed by atoms with Crippen molar-refractivity contribution in [2.75, 3.05) is 13.2 Å². The predicted molar refractivity (Wildman–Crippen MR) is 71.3 cm³/mol. The number of amides is 1. The minimum absolute atomic E-state index is 0.0832. The molecule has 1 aliphatic heterocycles. The Morgan fingerprint density at radius 3 is 3.05 bits per heavy atom. The molecule has 2 aromatic rings. The number of carbonyl (C=O) groups excluding carboxylic acids is 1. The largest absolute Gasteiger partial charge is 0.494 e. The summed E-state index contributed by atoms with van der Waals surface area (Å²) in [5, 5.41) is 0. The van der Waals surface area contributed by atoms with E-state index in [0.717, 1.165) is 10.2 Å². The minimum Gasteiger partial charge on any atom is -0.494 e. The second-order valence-electron chi connectivity index (χ2n) is 4.17. The van der Waals surface area contributed by atoms with Crippen LogP contribution in [0.5, 0.6) is 0 Å². The molecule has 0 radical (unpaired) electrons. The van der Waals surface area contributed by atoms with Crippen LogP contribution in [-0.2, 0) is 21.3 Å². The Labute approximate surface area is 117 Å². The van der Waals surface area contributed by atoms with E-state index in [9.17, 15) is 9.18 Å². The van der Waals surface area contributed by atoms with Crippen molar-refractivity contribution in [3.8, 4) is 0 Å². The molecular formula is C13H11FN2O3S. The standard InChI is InChI=1S/C13H11FN2O3S/c1-16-9-3-2-8(14)6-11(9)20-13(16)15-12(17)10-7-18-4-5-19-10/h2-3,6-7H,4-5H2,1H3. The number of benzene rings is 1. The molecule has 0 unspecified atom stereocenters. The Bertz CT molecular complexity index is 776. The van der Waals surface area contributed by atoms with Crippen LogP contribution in [0, 0.1) is 5.82 Å². The van der Waals surface area contributed by atoms with Crippen LogP contribution < -0.4 is 4.80 Å². The molecule has 0 bridgehead atoms. The molecule has 1 aliphatic rings. The molecule has 7 heteroatoms. The van der Waals surface area contributed by atoms with E-state index in [0.29, 0.717) is 18.0 Å². The van der Waals surface area contributed by atoms with E-state index in [2.05, 4.69) is 4.99 Å². The summed E-state index contributed by atoms with van der Waals surface area (Å²) >= 11 is 1.24. The highest BCUT2D eigenvalue weighted by atomic mass is 32.1. The topological polar surface area (TPSA) is 52.8 Å². The molecule has 0 spiro atoms. The van der Waals surface area contributed by atoms with Gasteiger partial charge in [-0.05, 0) is 18.2 Å². The monoisotopic (exact) mass is 294 g/mol. The van der Waals surface area contributed by atoms with Crippen molar-refractivity contribution in [1.82, 2.24) is 4.57 Å². The van der Waals surface area contributed by atoms with E-state index in [-0.39, 0.29) is 11.6 Å². The minimum atomic E-state index is -0.507. The van der Waals surface area contributed by atoms with Gasteiger partial charge in [-0.2, -0.15) is 4.99 Å². The number of ether oxygens (including phenoxy) is 2. The van der Waals surface area contributed by atoms with Gasteiger partial charge in [-0.15, -0.1) is 0 Å². The van der Waals surface area contributed by atoms with Crippen molar-refractivity contribution >= 4 is 27.5 Å². The van der Waals surface area contributed by atoms with E-state index in [1.54, 1.807) is 17.7 Å². The number of aryl methyl sites for hydroxylation is 1. The highest BCUT2D eigenvalue weighted by molar-refractivity contribution is 7.16. The van der Waals surface area contributed by atoms with E-state index in [1.807, 2.05) is 0 Å². The number of halogens is 1. The van der Waals surface area contributed by atoms with Crippen LogP contribution in [-0.4, -0.2) is 23.7 Å². The van der Waals surface area contributed by atoms with Gasteiger partial charge in [0.15, 0.2) is 4.80 Å². The summed E-state index contributed by atoms with van der Waals surface area (Å²) in [6, 6.07) is 4.45. The Hall–Kier alpha value is -2.15. The van der Waals surface area contributed by atoms with Crippen LogP contribution in [0.2, 0.25) is 0 Å². The van der Waals surface area contributed by atoms with Gasteiger partial charge in [0, 0.05) is 7.05 Å². The van der Waals surface area contributed by atoms with Crippen LogP contribution >= 0.6 is 11.3 Å². The number of hydrogen-bond acceptors (Lipinski definition) is 4.